The van der Waals surface area contributed by atoms with Crippen molar-refractivity contribution in [2.45, 2.75) is 37.8 Å². The Balaban J connectivity index is 1.40. The number of carboxylic acids is 1. The number of hydrogen-bond donors (Lipinski definition) is 3. The van der Waals surface area contributed by atoms with Crippen molar-refractivity contribution in [3.8, 4) is 0 Å². The number of nitrogens with one attached hydrogen (secondary N) is 2. The Bertz CT molecular complexity index is 1450. The highest BCUT2D eigenvalue weighted by Gasteiger charge is 2.53. The third-order valence-electron chi connectivity index (χ3n) is 6.08. The van der Waals surface area contributed by atoms with Crippen molar-refractivity contribution in [1.29, 1.82) is 0 Å². The fraction of sp³-hybridized carbons (Fsp3) is 0.375. The van der Waals surface area contributed by atoms with Gasteiger partial charge in [0.1, 0.15) is 38.4 Å². The number of amides is 2. The van der Waals surface area contributed by atoms with E-state index in [-0.39, 0.29) is 5.82 Å². The number of aliphatic carboxylic acids is 1. The standard InChI is InChI=1S/C24H27N6O9P/c1-2-25-24(33)29-21-18-22(27-12-26-21)30(13-28-18)23-20-19(15(37-23)10-36-40(34,35)11-16(31)32)38-17(39-20)9-8-14-6-4-3-5-7-14/h3-9,12-13,15,17,19-20,23H,2,10-11H2,1H3,(H,31,32)(H,34,35)(H2,25,26,27,29,33)/p-1/b9-8+/t15-,17+,19?,20+,23-/m1/s1. The fourth-order valence-electron chi connectivity index (χ4n) is 4.40. The van der Waals surface area contributed by atoms with Crippen molar-refractivity contribution in [3.63, 3.8) is 0 Å². The fourth-order valence-corrected chi connectivity index (χ4v) is 5.20. The second-order valence-corrected chi connectivity index (χ2v) is 10.7. The molecule has 40 heavy (non-hydrogen) atoms. The van der Waals surface area contributed by atoms with Gasteiger partial charge in [-0.2, -0.15) is 0 Å². The summed E-state index contributed by atoms with van der Waals surface area (Å²) in [6.45, 7) is 1.70. The molecule has 0 saturated carbocycles. The first-order valence-corrected chi connectivity index (χ1v) is 14.1. The molecule has 3 aromatic rings. The number of ether oxygens (including phenoxy) is 3. The van der Waals surface area contributed by atoms with Gasteiger partial charge in [0.25, 0.3) is 0 Å². The molecule has 0 bridgehead atoms. The molecule has 3 N–H and O–H groups in total. The molecule has 2 aliphatic heterocycles. The predicted molar refractivity (Wildman–Crippen MR) is 137 cm³/mol. The zero-order valence-electron chi connectivity index (χ0n) is 21.2. The predicted octanol–water partition coefficient (Wildman–Crippen LogP) is 1.34. The van der Waals surface area contributed by atoms with Gasteiger partial charge in [-0.15, -0.1) is 0 Å². The monoisotopic (exact) mass is 573 g/mol. The van der Waals surface area contributed by atoms with Crippen LogP contribution in [0.1, 0.15) is 18.7 Å². The number of carboxylic acid groups (broad SMARTS) is 1. The Morgan fingerprint density at radius 3 is 2.70 bits per heavy atom. The largest absolute Gasteiger partial charge is 0.778 e. The lowest BCUT2D eigenvalue weighted by atomic mass is 10.1. The number of benzene rings is 1. The van der Waals surface area contributed by atoms with Gasteiger partial charge < -0.3 is 38.6 Å². The number of carbonyl (C=O) groups is 2. The third kappa shape index (κ3) is 6.20. The van der Waals surface area contributed by atoms with E-state index in [9.17, 15) is 19.0 Å². The molecular weight excluding hydrogens is 547 g/mol. The van der Waals surface area contributed by atoms with Gasteiger partial charge in [-0.25, -0.2) is 19.7 Å². The van der Waals surface area contributed by atoms with Crippen LogP contribution in [0.2, 0.25) is 0 Å². The maximum atomic E-state index is 12.1. The van der Waals surface area contributed by atoms with Crippen LogP contribution in [0.15, 0.2) is 49.1 Å². The van der Waals surface area contributed by atoms with E-state index in [1.807, 2.05) is 36.4 Å². The van der Waals surface area contributed by atoms with Gasteiger partial charge in [0.15, 0.2) is 29.5 Å². The second-order valence-electron chi connectivity index (χ2n) is 8.89. The summed E-state index contributed by atoms with van der Waals surface area (Å²) >= 11 is 0. The summed E-state index contributed by atoms with van der Waals surface area (Å²) < 4.78 is 36.9. The van der Waals surface area contributed by atoms with Crippen LogP contribution in [0.25, 0.3) is 17.2 Å². The quantitative estimate of drug-likeness (QED) is 0.295. The molecule has 0 spiro atoms. The molecule has 2 aromatic heterocycles. The van der Waals surface area contributed by atoms with Gasteiger partial charge >= 0.3 is 12.0 Å². The number of fused-ring (bicyclic) bond motifs is 2. The van der Waals surface area contributed by atoms with Gasteiger partial charge in [0.05, 0.1) is 12.9 Å². The van der Waals surface area contributed by atoms with Crippen molar-refractivity contribution < 1.29 is 42.9 Å². The maximum absolute atomic E-state index is 12.1. The van der Waals surface area contributed by atoms with E-state index in [0.717, 1.165) is 5.56 Å². The Morgan fingerprint density at radius 1 is 1.18 bits per heavy atom. The normalized spacial score (nSPS) is 25.6. The molecule has 1 aromatic carbocycles. The Hall–Kier alpha value is -3.72. The molecule has 2 aliphatic rings. The van der Waals surface area contributed by atoms with E-state index in [2.05, 4.69) is 25.6 Å². The lowest BCUT2D eigenvalue weighted by molar-refractivity contribution is -0.203. The van der Waals surface area contributed by atoms with Crippen LogP contribution in [0.3, 0.4) is 0 Å². The summed E-state index contributed by atoms with van der Waals surface area (Å²) in [7, 11) is -4.68. The first-order valence-electron chi connectivity index (χ1n) is 12.3. The highest BCUT2D eigenvalue weighted by atomic mass is 31.2. The van der Waals surface area contributed by atoms with Gasteiger partial charge in [0.2, 0.25) is 0 Å². The molecular formula is C24H26N6O9P-. The molecule has 2 unspecified atom stereocenters. The van der Waals surface area contributed by atoms with Crippen molar-refractivity contribution in [3.05, 3.63) is 54.6 Å². The van der Waals surface area contributed by atoms with Crippen LogP contribution in [0.4, 0.5) is 10.6 Å². The lowest BCUT2D eigenvalue weighted by Crippen LogP contribution is -2.32. The first kappa shape index (κ1) is 27.8. The molecule has 2 fully saturated rings. The maximum Gasteiger partial charge on any atom is 0.320 e. The van der Waals surface area contributed by atoms with E-state index in [4.69, 9.17) is 23.8 Å². The number of rotatable bonds is 10. The summed E-state index contributed by atoms with van der Waals surface area (Å²) in [6.07, 6.45) is 0.954. The summed E-state index contributed by atoms with van der Waals surface area (Å²) in [5, 5.41) is 14.1. The minimum atomic E-state index is -4.68. The Labute approximate surface area is 227 Å². The van der Waals surface area contributed by atoms with Crippen molar-refractivity contribution in [2.24, 2.45) is 0 Å². The minimum absolute atomic E-state index is 0.178. The zero-order valence-corrected chi connectivity index (χ0v) is 22.0. The zero-order chi connectivity index (χ0) is 28.3. The van der Waals surface area contributed by atoms with Crippen LogP contribution in [0, 0.1) is 0 Å². The average molecular weight is 573 g/mol. The first-order chi connectivity index (χ1) is 19.2. The third-order valence-corrected chi connectivity index (χ3v) is 7.28. The van der Waals surface area contributed by atoms with Crippen molar-refractivity contribution in [2.75, 3.05) is 24.6 Å². The van der Waals surface area contributed by atoms with Crippen LogP contribution < -0.4 is 15.5 Å². The van der Waals surface area contributed by atoms with Crippen LogP contribution in [-0.2, 0) is 28.1 Å². The molecule has 212 valence electrons. The molecule has 4 heterocycles. The van der Waals surface area contributed by atoms with Crippen LogP contribution in [0.5, 0.6) is 0 Å². The Morgan fingerprint density at radius 2 is 1.95 bits per heavy atom. The van der Waals surface area contributed by atoms with E-state index in [1.54, 1.807) is 17.6 Å². The van der Waals surface area contributed by atoms with Gasteiger partial charge in [-0.1, -0.05) is 36.4 Å². The number of hydrogen-bond acceptors (Lipinski definition) is 11. The highest BCUT2D eigenvalue weighted by Crippen LogP contribution is 2.43. The van der Waals surface area contributed by atoms with E-state index >= 15 is 0 Å². The smallest absolute Gasteiger partial charge is 0.320 e. The van der Waals surface area contributed by atoms with E-state index in [1.165, 1.54) is 12.7 Å². The summed E-state index contributed by atoms with van der Waals surface area (Å²) in [5.41, 5.74) is 1.53. The van der Waals surface area contributed by atoms with Crippen molar-refractivity contribution in [1.82, 2.24) is 24.8 Å². The Kier molecular flexibility index (Phi) is 8.21. The average Bonchev–Trinajstić information content (AvgIpc) is 3.60. The van der Waals surface area contributed by atoms with E-state index < -0.39 is 63.2 Å². The number of anilines is 1. The molecule has 6 atom stereocenters. The number of urea groups is 1. The van der Waals surface area contributed by atoms with Gasteiger partial charge in [0, 0.05) is 6.54 Å². The number of aromatic nitrogens is 4. The summed E-state index contributed by atoms with van der Waals surface area (Å²) in [4.78, 5) is 47.8. The van der Waals surface area contributed by atoms with Crippen LogP contribution >= 0.6 is 7.60 Å². The summed E-state index contributed by atoms with van der Waals surface area (Å²) in [6, 6.07) is 9.03. The molecule has 16 heteroatoms. The SMILES string of the molecule is CCNC(=O)Nc1ncnc2c1ncn2[C@@H]1O[C@H](COP(=O)([O-])CC(=O)O)C2O[C@H](/C=C/c3ccccc3)O[C@@H]21. The van der Waals surface area contributed by atoms with Crippen molar-refractivity contribution >= 4 is 42.7 Å². The highest BCUT2D eigenvalue weighted by molar-refractivity contribution is 7.52. The minimum Gasteiger partial charge on any atom is -0.778 e. The lowest BCUT2D eigenvalue weighted by Gasteiger charge is -2.25. The molecule has 0 radical (unpaired) electrons. The molecule has 5 rings (SSSR count). The molecule has 2 saturated heterocycles. The topological polar surface area (TPSA) is 199 Å². The summed E-state index contributed by atoms with van der Waals surface area (Å²) in [5.74, 6) is -1.35. The number of imidazole rings is 1. The van der Waals surface area contributed by atoms with Gasteiger partial charge in [-0.05, 0) is 18.6 Å². The van der Waals surface area contributed by atoms with E-state index in [0.29, 0.717) is 17.7 Å². The number of carbonyl (C=O) groups excluding carboxylic acids is 1. The molecule has 0 aliphatic carbocycles. The molecule has 15 nitrogen and oxygen atoms in total. The second kappa shape index (κ2) is 11.8. The molecule has 2 amide bonds. The van der Waals surface area contributed by atoms with Crippen LogP contribution in [-0.4, -0.2) is 80.5 Å². The number of nitrogens with zero attached hydrogens (tertiary/aromatic N) is 4. The van der Waals surface area contributed by atoms with Gasteiger partial charge in [-0.3, -0.25) is 14.7 Å².